The van der Waals surface area contributed by atoms with Gasteiger partial charge in [0.15, 0.2) is 6.21 Å². The zero-order valence-corrected chi connectivity index (χ0v) is 24.8. The Morgan fingerprint density at radius 3 is 1.62 bits per heavy atom. The summed E-state index contributed by atoms with van der Waals surface area (Å²) in [6, 6.07) is 62.2. The molecule has 0 aliphatic carbocycles. The van der Waals surface area contributed by atoms with Crippen LogP contribution in [0.1, 0.15) is 22.7 Å². The minimum absolute atomic E-state index is 0.149. The van der Waals surface area contributed by atoms with E-state index in [1.165, 1.54) is 76.9 Å². The summed E-state index contributed by atoms with van der Waals surface area (Å²) in [6.45, 7) is 0. The summed E-state index contributed by atoms with van der Waals surface area (Å²) >= 11 is 0. The van der Waals surface area contributed by atoms with E-state index < -0.39 is 0 Å². The van der Waals surface area contributed by atoms with Gasteiger partial charge in [0.05, 0.1) is 0 Å². The molecule has 0 spiro atoms. The van der Waals surface area contributed by atoms with Gasteiger partial charge < -0.3 is 0 Å². The molecule has 1 heterocycles. The first kappa shape index (κ1) is 25.7. The molecule has 0 amide bonds. The predicted molar refractivity (Wildman–Crippen MR) is 190 cm³/mol. The van der Waals surface area contributed by atoms with Crippen molar-refractivity contribution in [2.75, 3.05) is 0 Å². The SMILES string of the molecule is C1=[N+](c2ccc(-c3c4ccccc4c(-c4ccc5ccccc5c4)c4ccccc34)cc2)C(c2ccccc2)c2ccccc21. The molecule has 1 aliphatic rings. The summed E-state index contributed by atoms with van der Waals surface area (Å²) in [5.74, 6) is 0. The lowest BCUT2D eigenvalue weighted by atomic mass is 9.85. The van der Waals surface area contributed by atoms with Crippen molar-refractivity contribution in [1.82, 2.24) is 0 Å². The van der Waals surface area contributed by atoms with E-state index in [0.717, 1.165) is 0 Å². The lowest BCUT2D eigenvalue weighted by Crippen LogP contribution is -2.11. The maximum Gasteiger partial charge on any atom is 0.210 e. The molecule has 0 bridgehead atoms. The van der Waals surface area contributed by atoms with E-state index in [-0.39, 0.29) is 6.04 Å². The van der Waals surface area contributed by atoms with Crippen LogP contribution < -0.4 is 0 Å². The largest absolute Gasteiger partial charge is 0.210 e. The number of fused-ring (bicyclic) bond motifs is 4. The molecule has 1 aliphatic heterocycles. The molecule has 1 unspecified atom stereocenters. The molecule has 1 atom stereocenters. The number of benzene rings is 8. The topological polar surface area (TPSA) is 3.01 Å². The standard InChI is InChI=1S/C44H30N/c1-2-13-32(14-3-1)44-37-17-7-6-16-35(37)29-45(44)36-26-24-31(25-27-36)42-38-18-8-10-20-40(38)43(41-21-11-9-19-39(41)42)34-23-22-30-12-4-5-15-33(30)28-34/h1-29,44H/q+1. The van der Waals surface area contributed by atoms with E-state index >= 15 is 0 Å². The summed E-state index contributed by atoms with van der Waals surface area (Å²) in [5.41, 5.74) is 10.1. The van der Waals surface area contributed by atoms with E-state index in [1.807, 2.05) is 0 Å². The van der Waals surface area contributed by atoms with E-state index in [2.05, 4.69) is 181 Å². The maximum atomic E-state index is 2.42. The van der Waals surface area contributed by atoms with Crippen molar-refractivity contribution < 1.29 is 4.58 Å². The number of hydrogen-bond donors (Lipinski definition) is 0. The van der Waals surface area contributed by atoms with Gasteiger partial charge in [-0.1, -0.05) is 133 Å². The van der Waals surface area contributed by atoms with Crippen LogP contribution in [0, 0.1) is 0 Å². The first-order valence-electron chi connectivity index (χ1n) is 15.6. The second-order valence-electron chi connectivity index (χ2n) is 11.9. The Labute approximate surface area is 263 Å². The van der Waals surface area contributed by atoms with Gasteiger partial charge in [-0.3, -0.25) is 0 Å². The van der Waals surface area contributed by atoms with Crippen LogP contribution in [-0.4, -0.2) is 10.8 Å². The van der Waals surface area contributed by atoms with Crippen molar-refractivity contribution >= 4 is 44.2 Å². The number of nitrogens with zero attached hydrogens (tertiary/aromatic N) is 1. The van der Waals surface area contributed by atoms with Gasteiger partial charge in [-0.25, -0.2) is 0 Å². The van der Waals surface area contributed by atoms with Crippen LogP contribution in [0.4, 0.5) is 5.69 Å². The normalized spacial score (nSPS) is 14.1. The molecular weight excluding hydrogens is 542 g/mol. The average molecular weight is 573 g/mol. The Kier molecular flexibility index (Phi) is 5.96. The van der Waals surface area contributed by atoms with Crippen LogP contribution in [0.2, 0.25) is 0 Å². The van der Waals surface area contributed by atoms with Gasteiger partial charge in [-0.2, -0.15) is 4.58 Å². The fourth-order valence-electron chi connectivity index (χ4n) is 7.35. The van der Waals surface area contributed by atoms with Crippen molar-refractivity contribution in [1.29, 1.82) is 0 Å². The minimum Gasteiger partial charge on any atom is -0.187 e. The molecular formula is C44H30N+. The molecule has 9 rings (SSSR count). The smallest absolute Gasteiger partial charge is 0.187 e. The highest BCUT2D eigenvalue weighted by Gasteiger charge is 2.34. The molecule has 1 nitrogen and oxygen atoms in total. The van der Waals surface area contributed by atoms with E-state index in [4.69, 9.17) is 0 Å². The molecule has 8 aromatic rings. The Morgan fingerprint density at radius 2 is 0.933 bits per heavy atom. The monoisotopic (exact) mass is 572 g/mol. The van der Waals surface area contributed by atoms with Gasteiger partial charge in [0.2, 0.25) is 11.7 Å². The number of hydrogen-bond acceptors (Lipinski definition) is 0. The summed E-state index contributed by atoms with van der Waals surface area (Å²) in [6.07, 6.45) is 2.30. The zero-order valence-electron chi connectivity index (χ0n) is 24.8. The lowest BCUT2D eigenvalue weighted by molar-refractivity contribution is -0.469. The Balaban J connectivity index is 1.21. The van der Waals surface area contributed by atoms with Gasteiger partial charge in [0.1, 0.15) is 0 Å². The highest BCUT2D eigenvalue weighted by molar-refractivity contribution is 6.21. The molecule has 0 aromatic heterocycles. The second kappa shape index (κ2) is 10.4. The van der Waals surface area contributed by atoms with Gasteiger partial charge in [0.25, 0.3) is 0 Å². The third kappa shape index (κ3) is 4.20. The Morgan fingerprint density at radius 1 is 0.400 bits per heavy atom. The summed E-state index contributed by atoms with van der Waals surface area (Å²) in [7, 11) is 0. The minimum atomic E-state index is 0.149. The third-order valence-electron chi connectivity index (χ3n) is 9.39. The molecule has 0 saturated heterocycles. The van der Waals surface area contributed by atoms with Gasteiger partial charge in [-0.15, -0.1) is 0 Å². The number of rotatable bonds is 4. The van der Waals surface area contributed by atoms with E-state index in [9.17, 15) is 0 Å². The molecule has 0 N–H and O–H groups in total. The quantitative estimate of drug-likeness (QED) is 0.146. The van der Waals surface area contributed by atoms with E-state index in [0.29, 0.717) is 0 Å². The molecule has 45 heavy (non-hydrogen) atoms. The fourth-order valence-corrected chi connectivity index (χ4v) is 7.35. The summed E-state index contributed by atoms with van der Waals surface area (Å²) < 4.78 is 2.42. The molecule has 0 fully saturated rings. The van der Waals surface area contributed by atoms with Crippen LogP contribution in [0.5, 0.6) is 0 Å². The summed E-state index contributed by atoms with van der Waals surface area (Å²) in [4.78, 5) is 0. The zero-order chi connectivity index (χ0) is 29.7. The highest BCUT2D eigenvalue weighted by Crippen LogP contribution is 2.45. The lowest BCUT2D eigenvalue weighted by Gasteiger charge is -2.18. The first-order valence-corrected chi connectivity index (χ1v) is 15.6. The Bertz CT molecular complexity index is 2360. The molecule has 1 heteroatoms. The van der Waals surface area contributed by atoms with Crippen LogP contribution in [0.25, 0.3) is 54.6 Å². The van der Waals surface area contributed by atoms with Crippen molar-refractivity contribution in [3.63, 3.8) is 0 Å². The van der Waals surface area contributed by atoms with Crippen molar-refractivity contribution in [3.8, 4) is 22.3 Å². The second-order valence-corrected chi connectivity index (χ2v) is 11.9. The van der Waals surface area contributed by atoms with Crippen LogP contribution in [-0.2, 0) is 0 Å². The summed E-state index contributed by atoms with van der Waals surface area (Å²) in [5, 5.41) is 7.62. The Hall–Kier alpha value is -5.79. The fraction of sp³-hybridized carbons (Fsp3) is 0.0227. The maximum absolute atomic E-state index is 2.42. The average Bonchev–Trinajstić information content (AvgIpc) is 3.50. The van der Waals surface area contributed by atoms with Crippen LogP contribution in [0.15, 0.2) is 170 Å². The van der Waals surface area contributed by atoms with Crippen molar-refractivity contribution in [2.45, 2.75) is 6.04 Å². The molecule has 0 saturated carbocycles. The van der Waals surface area contributed by atoms with Crippen molar-refractivity contribution in [3.05, 3.63) is 187 Å². The van der Waals surface area contributed by atoms with Crippen LogP contribution >= 0.6 is 0 Å². The van der Waals surface area contributed by atoms with Gasteiger partial charge in [0, 0.05) is 28.8 Å². The van der Waals surface area contributed by atoms with Crippen LogP contribution in [0.3, 0.4) is 0 Å². The third-order valence-corrected chi connectivity index (χ3v) is 9.39. The van der Waals surface area contributed by atoms with Gasteiger partial charge in [-0.05, 0) is 78.8 Å². The predicted octanol–water partition coefficient (Wildman–Crippen LogP) is 11.3. The molecule has 8 aromatic carbocycles. The van der Waals surface area contributed by atoms with E-state index in [1.54, 1.807) is 0 Å². The van der Waals surface area contributed by atoms with Gasteiger partial charge >= 0.3 is 0 Å². The molecule has 0 radical (unpaired) electrons. The van der Waals surface area contributed by atoms with Crippen molar-refractivity contribution in [2.24, 2.45) is 0 Å². The first-order chi connectivity index (χ1) is 22.3. The molecule has 210 valence electrons. The highest BCUT2D eigenvalue weighted by atomic mass is 15.1.